The van der Waals surface area contributed by atoms with Crippen LogP contribution in [0.4, 0.5) is 0 Å². The molecule has 0 atom stereocenters. The largest absolute Gasteiger partial charge is 0.445 e. The maximum Gasteiger partial charge on any atom is 0.225 e. The molecule has 16 heavy (non-hydrogen) atoms. The van der Waals surface area contributed by atoms with Gasteiger partial charge in [0.05, 0.1) is 6.20 Å². The van der Waals surface area contributed by atoms with E-state index in [4.69, 9.17) is 10.2 Å². The zero-order chi connectivity index (χ0) is 11.0. The third-order valence-electron chi connectivity index (χ3n) is 3.40. The highest BCUT2D eigenvalue weighted by molar-refractivity contribution is 5.55. The van der Waals surface area contributed by atoms with Crippen molar-refractivity contribution in [3.8, 4) is 11.5 Å². The highest BCUT2D eigenvalue weighted by atomic mass is 16.3. The second-order valence-corrected chi connectivity index (χ2v) is 4.40. The fraction of sp³-hybridized carbons (Fsp3) is 0.308. The van der Waals surface area contributed by atoms with Gasteiger partial charge in [-0.2, -0.15) is 0 Å². The maximum absolute atomic E-state index is 5.83. The minimum Gasteiger partial charge on any atom is -0.445 e. The summed E-state index contributed by atoms with van der Waals surface area (Å²) in [5.74, 6) is 0.676. The van der Waals surface area contributed by atoms with Gasteiger partial charge in [-0.25, -0.2) is 4.98 Å². The highest BCUT2D eigenvalue weighted by Crippen LogP contribution is 2.47. The Morgan fingerprint density at radius 3 is 2.88 bits per heavy atom. The molecule has 0 unspecified atom stereocenters. The Labute approximate surface area is 94.3 Å². The lowest BCUT2D eigenvalue weighted by molar-refractivity contribution is 0.574. The SMILES string of the molecule is NCC1(c2cccc(-c3ncco3)c2)CC1. The smallest absolute Gasteiger partial charge is 0.225 e. The summed E-state index contributed by atoms with van der Waals surface area (Å²) in [6, 6.07) is 8.35. The first-order valence-corrected chi connectivity index (χ1v) is 5.55. The van der Waals surface area contributed by atoms with E-state index in [0.717, 1.165) is 12.1 Å². The second-order valence-electron chi connectivity index (χ2n) is 4.40. The van der Waals surface area contributed by atoms with Crippen LogP contribution >= 0.6 is 0 Å². The average molecular weight is 214 g/mol. The molecule has 0 aliphatic heterocycles. The van der Waals surface area contributed by atoms with Gasteiger partial charge in [0.2, 0.25) is 5.89 Å². The second kappa shape index (κ2) is 3.46. The van der Waals surface area contributed by atoms with Gasteiger partial charge in [-0.15, -0.1) is 0 Å². The lowest BCUT2D eigenvalue weighted by Crippen LogP contribution is -2.19. The minimum absolute atomic E-state index is 0.225. The minimum atomic E-state index is 0.225. The van der Waals surface area contributed by atoms with Crippen molar-refractivity contribution in [2.45, 2.75) is 18.3 Å². The van der Waals surface area contributed by atoms with Crippen LogP contribution in [0.1, 0.15) is 18.4 Å². The summed E-state index contributed by atoms with van der Waals surface area (Å²) >= 11 is 0. The van der Waals surface area contributed by atoms with Crippen molar-refractivity contribution in [2.75, 3.05) is 6.54 Å². The Balaban J connectivity index is 2.01. The number of rotatable bonds is 3. The molecule has 0 radical (unpaired) electrons. The fourth-order valence-electron chi connectivity index (χ4n) is 2.11. The Morgan fingerprint density at radius 1 is 1.38 bits per heavy atom. The van der Waals surface area contributed by atoms with Crippen molar-refractivity contribution >= 4 is 0 Å². The molecule has 1 heterocycles. The zero-order valence-electron chi connectivity index (χ0n) is 9.02. The van der Waals surface area contributed by atoms with Gasteiger partial charge in [0.1, 0.15) is 6.26 Å². The summed E-state index contributed by atoms with van der Waals surface area (Å²) in [4.78, 5) is 4.16. The molecule has 0 saturated heterocycles. The number of nitrogens with zero attached hydrogens (tertiary/aromatic N) is 1. The molecule has 2 aromatic rings. The van der Waals surface area contributed by atoms with Crippen molar-refractivity contribution in [3.63, 3.8) is 0 Å². The van der Waals surface area contributed by atoms with Crippen LogP contribution in [0.25, 0.3) is 11.5 Å². The molecule has 82 valence electrons. The molecule has 1 aliphatic carbocycles. The fourth-order valence-corrected chi connectivity index (χ4v) is 2.11. The molecule has 3 heteroatoms. The highest BCUT2D eigenvalue weighted by Gasteiger charge is 2.42. The first-order valence-electron chi connectivity index (χ1n) is 5.55. The summed E-state index contributed by atoms with van der Waals surface area (Å²) in [7, 11) is 0. The lowest BCUT2D eigenvalue weighted by atomic mass is 9.94. The normalized spacial score (nSPS) is 17.3. The van der Waals surface area contributed by atoms with Gasteiger partial charge in [-0.3, -0.25) is 0 Å². The molecule has 3 nitrogen and oxygen atoms in total. The van der Waals surface area contributed by atoms with Crippen LogP contribution in [0.2, 0.25) is 0 Å². The first-order chi connectivity index (χ1) is 7.84. The Hall–Kier alpha value is -1.61. The maximum atomic E-state index is 5.83. The predicted molar refractivity (Wildman–Crippen MR) is 61.9 cm³/mol. The molecule has 2 N–H and O–H groups in total. The number of nitrogens with two attached hydrogens (primary N) is 1. The molecule has 1 fully saturated rings. The number of aromatic nitrogens is 1. The summed E-state index contributed by atoms with van der Waals surface area (Å²) in [5.41, 5.74) is 8.40. The van der Waals surface area contributed by atoms with Crippen molar-refractivity contribution in [3.05, 3.63) is 42.3 Å². The van der Waals surface area contributed by atoms with Crippen molar-refractivity contribution in [1.82, 2.24) is 4.98 Å². The summed E-state index contributed by atoms with van der Waals surface area (Å²) in [6.07, 6.45) is 5.65. The summed E-state index contributed by atoms with van der Waals surface area (Å²) in [6.45, 7) is 0.724. The number of hydrogen-bond donors (Lipinski definition) is 1. The third-order valence-corrected chi connectivity index (χ3v) is 3.40. The van der Waals surface area contributed by atoms with Gasteiger partial charge in [-0.05, 0) is 30.5 Å². The zero-order valence-corrected chi connectivity index (χ0v) is 9.02. The van der Waals surface area contributed by atoms with E-state index < -0.39 is 0 Å². The number of benzene rings is 1. The topological polar surface area (TPSA) is 52.0 Å². The molecule has 0 bridgehead atoms. The van der Waals surface area contributed by atoms with Gasteiger partial charge in [0.25, 0.3) is 0 Å². The lowest BCUT2D eigenvalue weighted by Gasteiger charge is -2.13. The van der Waals surface area contributed by atoms with Crippen molar-refractivity contribution in [1.29, 1.82) is 0 Å². The predicted octanol–water partition coefficient (Wildman–Crippen LogP) is 2.33. The van der Waals surface area contributed by atoms with Gasteiger partial charge >= 0.3 is 0 Å². The quantitative estimate of drug-likeness (QED) is 0.853. The standard InChI is InChI=1S/C13H14N2O/c14-9-13(4-5-13)11-3-1-2-10(8-11)12-15-6-7-16-12/h1-3,6-8H,4-5,9,14H2. The Kier molecular flexibility index (Phi) is 2.07. The van der Waals surface area contributed by atoms with Crippen LogP contribution < -0.4 is 5.73 Å². The van der Waals surface area contributed by atoms with Crippen LogP contribution in [0.3, 0.4) is 0 Å². The summed E-state index contributed by atoms with van der Waals surface area (Å²) < 4.78 is 5.30. The van der Waals surface area contributed by atoms with Crippen molar-refractivity contribution in [2.24, 2.45) is 5.73 Å². The van der Waals surface area contributed by atoms with Crippen LogP contribution in [0, 0.1) is 0 Å². The Bertz CT molecular complexity index is 486. The molecular formula is C13H14N2O. The summed E-state index contributed by atoms with van der Waals surface area (Å²) in [5, 5.41) is 0. The monoisotopic (exact) mass is 214 g/mol. The number of oxazole rings is 1. The van der Waals surface area contributed by atoms with Gasteiger partial charge < -0.3 is 10.2 Å². The van der Waals surface area contributed by atoms with E-state index in [-0.39, 0.29) is 5.41 Å². The van der Waals surface area contributed by atoms with Crippen LogP contribution in [0.15, 0.2) is 41.1 Å². The molecule has 0 amide bonds. The van der Waals surface area contributed by atoms with Crippen LogP contribution in [-0.2, 0) is 5.41 Å². The average Bonchev–Trinajstić information content (AvgIpc) is 2.95. The third kappa shape index (κ3) is 1.44. The van der Waals surface area contributed by atoms with E-state index >= 15 is 0 Å². The van der Waals surface area contributed by atoms with Crippen LogP contribution in [-0.4, -0.2) is 11.5 Å². The number of hydrogen-bond acceptors (Lipinski definition) is 3. The van der Waals surface area contributed by atoms with Gasteiger partial charge in [-0.1, -0.05) is 12.1 Å². The molecule has 0 spiro atoms. The van der Waals surface area contributed by atoms with E-state index in [1.54, 1.807) is 12.5 Å². The molecule has 1 aromatic heterocycles. The van der Waals surface area contributed by atoms with Gasteiger partial charge in [0, 0.05) is 17.5 Å². The van der Waals surface area contributed by atoms with E-state index in [0.29, 0.717) is 5.89 Å². The van der Waals surface area contributed by atoms with Crippen molar-refractivity contribution < 1.29 is 4.42 Å². The molecule has 3 rings (SSSR count). The molecule has 1 aliphatic rings. The van der Waals surface area contributed by atoms with E-state index in [1.807, 2.05) is 12.1 Å². The molecule has 1 saturated carbocycles. The molecular weight excluding hydrogens is 200 g/mol. The van der Waals surface area contributed by atoms with E-state index in [9.17, 15) is 0 Å². The van der Waals surface area contributed by atoms with E-state index in [1.165, 1.54) is 18.4 Å². The first kappa shape index (κ1) is 9.60. The van der Waals surface area contributed by atoms with Crippen LogP contribution in [0.5, 0.6) is 0 Å². The Morgan fingerprint density at radius 2 is 2.25 bits per heavy atom. The van der Waals surface area contributed by atoms with Gasteiger partial charge in [0.15, 0.2) is 0 Å². The molecule has 1 aromatic carbocycles. The van der Waals surface area contributed by atoms with E-state index in [2.05, 4.69) is 17.1 Å².